The number of rotatable bonds is 4. The molecule has 0 spiro atoms. The Morgan fingerprint density at radius 2 is 1.58 bits per heavy atom. The summed E-state index contributed by atoms with van der Waals surface area (Å²) in [6, 6.07) is 15.4. The van der Waals surface area contributed by atoms with E-state index in [4.69, 9.17) is 0 Å². The standard InChI is InChI=1S/C16H16O3/c1-11(15(18)12-7-3-2-4-8-12)16(19)13-9-5-6-10-14(13)17/h2-11,16-17,19H,1H3. The van der Waals surface area contributed by atoms with Gasteiger partial charge in [0.05, 0.1) is 6.10 Å². The third-order valence-electron chi connectivity index (χ3n) is 3.20. The zero-order valence-corrected chi connectivity index (χ0v) is 10.7. The van der Waals surface area contributed by atoms with Crippen molar-refractivity contribution in [3.05, 3.63) is 65.7 Å². The van der Waals surface area contributed by atoms with Crippen LogP contribution in [0.3, 0.4) is 0 Å². The predicted octanol–water partition coefficient (Wildman–Crippen LogP) is 2.94. The number of carbonyl (C=O) groups is 1. The van der Waals surface area contributed by atoms with Gasteiger partial charge in [0.25, 0.3) is 0 Å². The minimum absolute atomic E-state index is 0.00251. The van der Waals surface area contributed by atoms with E-state index in [0.717, 1.165) is 0 Å². The lowest BCUT2D eigenvalue weighted by atomic mass is 9.90. The summed E-state index contributed by atoms with van der Waals surface area (Å²) in [5.74, 6) is -0.755. The number of phenolic OH excluding ortho intramolecular Hbond substituents is 1. The highest BCUT2D eigenvalue weighted by Gasteiger charge is 2.26. The van der Waals surface area contributed by atoms with E-state index in [-0.39, 0.29) is 11.5 Å². The number of aliphatic hydroxyl groups excluding tert-OH is 1. The fraction of sp³-hybridized carbons (Fsp3) is 0.188. The highest BCUT2D eigenvalue weighted by Crippen LogP contribution is 2.30. The summed E-state index contributed by atoms with van der Waals surface area (Å²) < 4.78 is 0. The number of aromatic hydroxyl groups is 1. The SMILES string of the molecule is CC(C(=O)c1ccccc1)C(O)c1ccccc1O. The van der Waals surface area contributed by atoms with E-state index < -0.39 is 12.0 Å². The fourth-order valence-electron chi connectivity index (χ4n) is 2.02. The third-order valence-corrected chi connectivity index (χ3v) is 3.20. The minimum atomic E-state index is -1.02. The van der Waals surface area contributed by atoms with E-state index in [2.05, 4.69) is 0 Å². The summed E-state index contributed by atoms with van der Waals surface area (Å²) in [6.45, 7) is 1.66. The Morgan fingerprint density at radius 3 is 2.21 bits per heavy atom. The smallest absolute Gasteiger partial charge is 0.168 e. The first-order valence-electron chi connectivity index (χ1n) is 6.16. The molecule has 19 heavy (non-hydrogen) atoms. The molecule has 2 aromatic rings. The van der Waals surface area contributed by atoms with E-state index in [1.165, 1.54) is 6.07 Å². The summed E-state index contributed by atoms with van der Waals surface area (Å²) >= 11 is 0. The third kappa shape index (κ3) is 2.83. The van der Waals surface area contributed by atoms with Gasteiger partial charge in [0.15, 0.2) is 5.78 Å². The Balaban J connectivity index is 2.23. The first-order valence-corrected chi connectivity index (χ1v) is 6.16. The lowest BCUT2D eigenvalue weighted by Gasteiger charge is -2.19. The maximum absolute atomic E-state index is 12.2. The van der Waals surface area contributed by atoms with Crippen molar-refractivity contribution in [3.63, 3.8) is 0 Å². The van der Waals surface area contributed by atoms with Crippen LogP contribution in [-0.2, 0) is 0 Å². The fourth-order valence-corrected chi connectivity index (χ4v) is 2.02. The molecular weight excluding hydrogens is 240 g/mol. The second kappa shape index (κ2) is 5.67. The van der Waals surface area contributed by atoms with Crippen molar-refractivity contribution in [1.29, 1.82) is 0 Å². The normalized spacial score (nSPS) is 13.8. The van der Waals surface area contributed by atoms with Gasteiger partial charge in [-0.15, -0.1) is 0 Å². The van der Waals surface area contributed by atoms with Crippen LogP contribution < -0.4 is 0 Å². The summed E-state index contributed by atoms with van der Waals surface area (Å²) in [6.07, 6.45) is -1.02. The van der Waals surface area contributed by atoms with Crippen LogP contribution in [0, 0.1) is 5.92 Å². The maximum Gasteiger partial charge on any atom is 0.168 e. The Kier molecular flexibility index (Phi) is 3.97. The molecule has 2 N–H and O–H groups in total. The van der Waals surface area contributed by atoms with Crippen LogP contribution in [-0.4, -0.2) is 16.0 Å². The van der Waals surface area contributed by atoms with Crippen LogP contribution in [0.5, 0.6) is 5.75 Å². The molecule has 0 aliphatic heterocycles. The van der Waals surface area contributed by atoms with Crippen molar-refractivity contribution in [2.24, 2.45) is 5.92 Å². The number of para-hydroxylation sites is 1. The van der Waals surface area contributed by atoms with Crippen LogP contribution in [0.4, 0.5) is 0 Å². The molecule has 0 aliphatic rings. The first kappa shape index (κ1) is 13.3. The molecule has 3 heteroatoms. The van der Waals surface area contributed by atoms with E-state index in [0.29, 0.717) is 11.1 Å². The molecule has 0 radical (unpaired) electrons. The number of hydrogen-bond donors (Lipinski definition) is 2. The number of phenols is 1. The van der Waals surface area contributed by atoms with E-state index in [1.54, 1.807) is 49.4 Å². The summed E-state index contributed by atoms with van der Waals surface area (Å²) in [4.78, 5) is 12.2. The molecule has 0 saturated heterocycles. The largest absolute Gasteiger partial charge is 0.508 e. The minimum Gasteiger partial charge on any atom is -0.508 e. The van der Waals surface area contributed by atoms with E-state index >= 15 is 0 Å². The molecule has 2 aromatic carbocycles. The van der Waals surface area contributed by atoms with Crippen molar-refractivity contribution in [2.75, 3.05) is 0 Å². The average Bonchev–Trinajstić information content (AvgIpc) is 2.46. The Labute approximate surface area is 112 Å². The van der Waals surface area contributed by atoms with Gasteiger partial charge in [-0.25, -0.2) is 0 Å². The molecule has 0 aliphatic carbocycles. The average molecular weight is 256 g/mol. The highest BCUT2D eigenvalue weighted by atomic mass is 16.3. The van der Waals surface area contributed by atoms with Crippen LogP contribution in [0.1, 0.15) is 28.9 Å². The quantitative estimate of drug-likeness (QED) is 0.827. The molecule has 2 rings (SSSR count). The Morgan fingerprint density at radius 1 is 1.00 bits per heavy atom. The van der Waals surface area contributed by atoms with Gasteiger partial charge >= 0.3 is 0 Å². The lowest BCUT2D eigenvalue weighted by molar-refractivity contribution is 0.0708. The van der Waals surface area contributed by atoms with Crippen molar-refractivity contribution >= 4 is 5.78 Å². The zero-order chi connectivity index (χ0) is 13.8. The van der Waals surface area contributed by atoms with E-state index in [9.17, 15) is 15.0 Å². The van der Waals surface area contributed by atoms with E-state index in [1.807, 2.05) is 6.07 Å². The molecule has 0 fully saturated rings. The maximum atomic E-state index is 12.2. The van der Waals surface area contributed by atoms with Gasteiger partial charge in [-0.1, -0.05) is 55.5 Å². The number of aliphatic hydroxyl groups is 1. The number of benzene rings is 2. The van der Waals surface area contributed by atoms with Crippen LogP contribution in [0.25, 0.3) is 0 Å². The number of ketones is 1. The predicted molar refractivity (Wildman–Crippen MR) is 73.0 cm³/mol. The summed E-state index contributed by atoms with van der Waals surface area (Å²) in [7, 11) is 0. The lowest BCUT2D eigenvalue weighted by Crippen LogP contribution is -2.19. The second-order valence-corrected chi connectivity index (χ2v) is 4.52. The number of Topliss-reactive ketones (excluding diaryl/α,β-unsaturated/α-hetero) is 1. The topological polar surface area (TPSA) is 57.5 Å². The molecule has 98 valence electrons. The monoisotopic (exact) mass is 256 g/mol. The number of hydrogen-bond acceptors (Lipinski definition) is 3. The molecule has 2 atom stereocenters. The molecule has 0 bridgehead atoms. The molecule has 2 unspecified atom stereocenters. The van der Waals surface area contributed by atoms with Crippen molar-refractivity contribution in [3.8, 4) is 5.75 Å². The van der Waals surface area contributed by atoms with Crippen molar-refractivity contribution in [2.45, 2.75) is 13.0 Å². The second-order valence-electron chi connectivity index (χ2n) is 4.52. The highest BCUT2D eigenvalue weighted by molar-refractivity contribution is 5.98. The number of carbonyl (C=O) groups excluding carboxylic acids is 1. The van der Waals surface area contributed by atoms with Crippen molar-refractivity contribution < 1.29 is 15.0 Å². The molecular formula is C16H16O3. The molecule has 0 amide bonds. The Bertz CT molecular complexity index is 563. The molecule has 0 heterocycles. The van der Waals surface area contributed by atoms with Gasteiger partial charge in [-0.05, 0) is 6.07 Å². The molecule has 0 saturated carbocycles. The molecule has 3 nitrogen and oxygen atoms in total. The Hall–Kier alpha value is -2.13. The van der Waals surface area contributed by atoms with Crippen LogP contribution in [0.2, 0.25) is 0 Å². The van der Waals surface area contributed by atoms with Crippen molar-refractivity contribution in [1.82, 2.24) is 0 Å². The van der Waals surface area contributed by atoms with Gasteiger partial charge in [-0.2, -0.15) is 0 Å². The van der Waals surface area contributed by atoms with Crippen LogP contribution in [0.15, 0.2) is 54.6 Å². The van der Waals surface area contributed by atoms with Gasteiger partial charge < -0.3 is 10.2 Å². The van der Waals surface area contributed by atoms with Gasteiger partial charge in [0.2, 0.25) is 0 Å². The molecule has 0 aromatic heterocycles. The van der Waals surface area contributed by atoms with Crippen LogP contribution >= 0.6 is 0 Å². The van der Waals surface area contributed by atoms with Gasteiger partial charge in [-0.3, -0.25) is 4.79 Å². The summed E-state index contributed by atoms with van der Waals surface area (Å²) in [5, 5.41) is 19.9. The van der Waals surface area contributed by atoms with Gasteiger partial charge in [0, 0.05) is 17.0 Å². The summed E-state index contributed by atoms with van der Waals surface area (Å²) in [5.41, 5.74) is 0.934. The van der Waals surface area contributed by atoms with Gasteiger partial charge in [0.1, 0.15) is 5.75 Å². The first-order chi connectivity index (χ1) is 9.11. The zero-order valence-electron chi connectivity index (χ0n) is 10.7.